The summed E-state index contributed by atoms with van der Waals surface area (Å²) < 4.78 is 5.63. The summed E-state index contributed by atoms with van der Waals surface area (Å²) in [6.07, 6.45) is 1.88. The van der Waals surface area contributed by atoms with Crippen molar-refractivity contribution in [1.29, 1.82) is 0 Å². The summed E-state index contributed by atoms with van der Waals surface area (Å²) in [5, 5.41) is 15.6. The molecule has 150 valence electrons. The van der Waals surface area contributed by atoms with Crippen LogP contribution in [0.1, 0.15) is 18.4 Å². The van der Waals surface area contributed by atoms with Crippen molar-refractivity contribution in [1.82, 2.24) is 20.2 Å². The number of hydrogen-bond donors (Lipinski definition) is 2. The number of tetrazole rings is 1. The van der Waals surface area contributed by atoms with Crippen molar-refractivity contribution in [3.63, 3.8) is 0 Å². The van der Waals surface area contributed by atoms with Gasteiger partial charge in [0.25, 0.3) is 5.91 Å². The van der Waals surface area contributed by atoms with Crippen molar-refractivity contribution in [3.8, 4) is 11.4 Å². The van der Waals surface area contributed by atoms with Gasteiger partial charge in [-0.2, -0.15) is 4.80 Å². The van der Waals surface area contributed by atoms with E-state index in [-0.39, 0.29) is 12.0 Å². The van der Waals surface area contributed by atoms with Gasteiger partial charge in [0.05, 0.1) is 12.6 Å². The summed E-state index contributed by atoms with van der Waals surface area (Å²) in [7, 11) is 0. The fraction of sp³-hybridized carbons (Fsp3) is 0.333. The zero-order valence-corrected chi connectivity index (χ0v) is 16.1. The number of hydrogen-bond acceptors (Lipinski definition) is 6. The first kappa shape index (κ1) is 19.2. The summed E-state index contributed by atoms with van der Waals surface area (Å²) in [6, 6.07) is 17.5. The first-order valence-electron chi connectivity index (χ1n) is 9.80. The molecular weight excluding hydrogens is 368 g/mol. The molecule has 4 rings (SSSR count). The third kappa shape index (κ3) is 4.85. The maximum absolute atomic E-state index is 12.3. The maximum Gasteiger partial charge on any atom is 0.253 e. The van der Waals surface area contributed by atoms with Crippen molar-refractivity contribution >= 4 is 11.6 Å². The van der Waals surface area contributed by atoms with E-state index >= 15 is 0 Å². The number of benzene rings is 2. The van der Waals surface area contributed by atoms with Gasteiger partial charge in [0, 0.05) is 17.8 Å². The Hall–Kier alpha value is -3.10. The Morgan fingerprint density at radius 3 is 2.66 bits per heavy atom. The molecule has 0 saturated carbocycles. The SMILES string of the molecule is NC[C@H]1CC[C@@H](C(=O)Nc2ccc(CCn3nnc(-c4ccccc4)n3)cc2)O1. The standard InChI is InChI=1S/C21H24N6O2/c22-14-18-10-11-19(29-18)21(28)23-17-8-6-15(7-9-17)12-13-27-25-20(24-26-27)16-4-2-1-3-5-16/h1-9,18-19H,10-14,22H2,(H,23,28)/t18-,19+/m1/s1. The normalized spacial score (nSPS) is 18.7. The number of rotatable bonds is 7. The van der Waals surface area contributed by atoms with Crippen molar-refractivity contribution in [2.75, 3.05) is 11.9 Å². The molecule has 1 aliphatic rings. The van der Waals surface area contributed by atoms with Crippen LogP contribution in [0.2, 0.25) is 0 Å². The van der Waals surface area contributed by atoms with Crippen LogP contribution in [0.4, 0.5) is 5.69 Å². The average molecular weight is 392 g/mol. The molecule has 1 fully saturated rings. The van der Waals surface area contributed by atoms with Crippen LogP contribution in [-0.4, -0.2) is 44.9 Å². The lowest BCUT2D eigenvalue weighted by atomic mass is 10.1. The van der Waals surface area contributed by atoms with E-state index < -0.39 is 6.10 Å². The third-order valence-electron chi connectivity index (χ3n) is 4.97. The number of amides is 1. The molecule has 1 amide bonds. The third-order valence-corrected chi connectivity index (χ3v) is 4.97. The molecule has 0 aliphatic carbocycles. The van der Waals surface area contributed by atoms with Crippen LogP contribution in [0, 0.1) is 0 Å². The molecule has 1 aliphatic heterocycles. The second kappa shape index (κ2) is 8.93. The molecule has 0 bridgehead atoms. The molecule has 1 saturated heterocycles. The van der Waals surface area contributed by atoms with E-state index in [9.17, 15) is 4.79 Å². The van der Waals surface area contributed by atoms with Crippen LogP contribution in [0.15, 0.2) is 54.6 Å². The second-order valence-corrected chi connectivity index (χ2v) is 7.07. The molecular formula is C21H24N6O2. The van der Waals surface area contributed by atoms with Crippen LogP contribution >= 0.6 is 0 Å². The highest BCUT2D eigenvalue weighted by atomic mass is 16.5. The van der Waals surface area contributed by atoms with Crippen LogP contribution in [0.3, 0.4) is 0 Å². The van der Waals surface area contributed by atoms with Gasteiger partial charge in [-0.25, -0.2) is 0 Å². The van der Waals surface area contributed by atoms with Gasteiger partial charge in [0.2, 0.25) is 5.82 Å². The van der Waals surface area contributed by atoms with Crippen LogP contribution in [-0.2, 0) is 22.5 Å². The van der Waals surface area contributed by atoms with E-state index in [0.29, 0.717) is 25.3 Å². The van der Waals surface area contributed by atoms with Gasteiger partial charge in [0.15, 0.2) is 0 Å². The lowest BCUT2D eigenvalue weighted by Crippen LogP contribution is -2.29. The van der Waals surface area contributed by atoms with Gasteiger partial charge in [-0.3, -0.25) is 4.79 Å². The van der Waals surface area contributed by atoms with Crippen molar-refractivity contribution < 1.29 is 9.53 Å². The minimum Gasteiger partial charge on any atom is -0.364 e. The summed E-state index contributed by atoms with van der Waals surface area (Å²) in [4.78, 5) is 13.9. The second-order valence-electron chi connectivity index (χ2n) is 7.07. The number of carbonyl (C=O) groups is 1. The minimum absolute atomic E-state index is 0.0130. The van der Waals surface area contributed by atoms with Crippen molar-refractivity contribution in [3.05, 3.63) is 60.2 Å². The van der Waals surface area contributed by atoms with E-state index in [4.69, 9.17) is 10.5 Å². The molecule has 2 atom stereocenters. The topological polar surface area (TPSA) is 108 Å². The smallest absolute Gasteiger partial charge is 0.253 e. The summed E-state index contributed by atoms with van der Waals surface area (Å²) in [5.74, 6) is 0.503. The summed E-state index contributed by atoms with van der Waals surface area (Å²) >= 11 is 0. The number of aryl methyl sites for hydroxylation is 2. The number of ether oxygens (including phenoxy) is 1. The predicted molar refractivity (Wildman–Crippen MR) is 109 cm³/mol. The Morgan fingerprint density at radius 1 is 1.14 bits per heavy atom. The van der Waals surface area contributed by atoms with E-state index in [1.165, 1.54) is 0 Å². The highest BCUT2D eigenvalue weighted by Gasteiger charge is 2.29. The number of nitrogens with zero attached hydrogens (tertiary/aromatic N) is 4. The zero-order valence-electron chi connectivity index (χ0n) is 16.1. The average Bonchev–Trinajstić information content (AvgIpc) is 3.44. The van der Waals surface area contributed by atoms with Gasteiger partial charge in [-0.1, -0.05) is 42.5 Å². The Bertz CT molecular complexity index is 941. The Kier molecular flexibility index (Phi) is 5.92. The molecule has 2 heterocycles. The van der Waals surface area contributed by atoms with E-state index in [0.717, 1.165) is 29.7 Å². The number of carbonyl (C=O) groups excluding carboxylic acids is 1. The number of anilines is 1. The minimum atomic E-state index is -0.416. The first-order valence-corrected chi connectivity index (χ1v) is 9.80. The lowest BCUT2D eigenvalue weighted by molar-refractivity contribution is -0.126. The van der Waals surface area contributed by atoms with E-state index in [2.05, 4.69) is 20.7 Å². The molecule has 3 N–H and O–H groups in total. The monoisotopic (exact) mass is 392 g/mol. The molecule has 8 heteroatoms. The molecule has 3 aromatic rings. The van der Waals surface area contributed by atoms with Crippen molar-refractivity contribution in [2.24, 2.45) is 5.73 Å². The number of nitrogens with one attached hydrogen (secondary N) is 1. The Morgan fingerprint density at radius 2 is 1.93 bits per heavy atom. The first-order chi connectivity index (χ1) is 14.2. The molecule has 2 aromatic carbocycles. The Balaban J connectivity index is 1.29. The van der Waals surface area contributed by atoms with Gasteiger partial charge in [-0.05, 0) is 42.2 Å². The Labute approximate surface area is 169 Å². The molecule has 29 heavy (non-hydrogen) atoms. The summed E-state index contributed by atoms with van der Waals surface area (Å²) in [5.41, 5.74) is 8.42. The molecule has 0 radical (unpaired) electrons. The zero-order chi connectivity index (χ0) is 20.1. The number of aromatic nitrogens is 4. The quantitative estimate of drug-likeness (QED) is 0.637. The summed E-state index contributed by atoms with van der Waals surface area (Å²) in [6.45, 7) is 1.08. The van der Waals surface area contributed by atoms with Crippen LogP contribution in [0.5, 0.6) is 0 Å². The largest absolute Gasteiger partial charge is 0.364 e. The molecule has 8 nitrogen and oxygen atoms in total. The van der Waals surface area contributed by atoms with E-state index in [1.807, 2.05) is 54.6 Å². The van der Waals surface area contributed by atoms with Gasteiger partial charge in [0.1, 0.15) is 6.10 Å². The van der Waals surface area contributed by atoms with E-state index in [1.54, 1.807) is 4.80 Å². The molecule has 1 aromatic heterocycles. The fourth-order valence-corrected chi connectivity index (χ4v) is 3.32. The van der Waals surface area contributed by atoms with Gasteiger partial charge >= 0.3 is 0 Å². The predicted octanol–water partition coefficient (Wildman–Crippen LogP) is 2.03. The maximum atomic E-state index is 12.3. The van der Waals surface area contributed by atoms with Crippen molar-refractivity contribution in [2.45, 2.75) is 38.0 Å². The highest BCUT2D eigenvalue weighted by molar-refractivity contribution is 5.94. The van der Waals surface area contributed by atoms with Gasteiger partial charge < -0.3 is 15.8 Å². The van der Waals surface area contributed by atoms with Crippen LogP contribution < -0.4 is 11.1 Å². The highest BCUT2D eigenvalue weighted by Crippen LogP contribution is 2.21. The lowest BCUT2D eigenvalue weighted by Gasteiger charge is -2.13. The van der Waals surface area contributed by atoms with Crippen LogP contribution in [0.25, 0.3) is 11.4 Å². The fourth-order valence-electron chi connectivity index (χ4n) is 3.32. The van der Waals surface area contributed by atoms with Gasteiger partial charge in [-0.15, -0.1) is 10.2 Å². The number of nitrogens with two attached hydrogens (primary N) is 1. The molecule has 0 unspecified atom stereocenters. The molecule has 0 spiro atoms.